The average Bonchev–Trinajstić information content (AvgIpc) is 1.82. The Morgan fingerprint density at radius 3 is 1.77 bits per heavy atom. The van der Waals surface area contributed by atoms with Crippen LogP contribution in [0.4, 0.5) is 0 Å². The van der Waals surface area contributed by atoms with Crippen LogP contribution in [0.5, 0.6) is 0 Å². The van der Waals surface area contributed by atoms with Gasteiger partial charge < -0.3 is 0 Å². The molecule has 0 aromatic heterocycles. The Balaban J connectivity index is 4.07. The molecule has 76 valence electrons. The summed E-state index contributed by atoms with van der Waals surface area (Å²) in [7, 11) is 6.24. The first-order valence-electron chi connectivity index (χ1n) is 5.62. The summed E-state index contributed by atoms with van der Waals surface area (Å²) in [6, 6.07) is 0. The van der Waals surface area contributed by atoms with Crippen LogP contribution in [0.15, 0.2) is 0 Å². The molecule has 1 unspecified atom stereocenters. The Hall–Kier alpha value is 0.0649. The van der Waals surface area contributed by atoms with Gasteiger partial charge in [-0.05, 0) is 11.8 Å². The minimum absolute atomic E-state index is 0.0351. The SMILES string of the molecule is [B]C(C)(CCC)CC(C)(C)CCC. The molecule has 0 saturated heterocycles. The molecule has 0 spiro atoms. The first kappa shape index (κ1) is 13.1. The molecule has 0 fully saturated rings. The van der Waals surface area contributed by atoms with E-state index in [1.807, 2.05) is 0 Å². The van der Waals surface area contributed by atoms with Crippen molar-refractivity contribution in [3.05, 3.63) is 0 Å². The van der Waals surface area contributed by atoms with Crippen LogP contribution in [0.2, 0.25) is 5.31 Å². The van der Waals surface area contributed by atoms with Crippen molar-refractivity contribution in [3.8, 4) is 0 Å². The second kappa shape index (κ2) is 5.07. The first-order valence-corrected chi connectivity index (χ1v) is 5.62. The van der Waals surface area contributed by atoms with Crippen LogP contribution in [0, 0.1) is 5.41 Å². The largest absolute Gasteiger partial charge is 0.0742 e. The number of hydrogen-bond donors (Lipinski definition) is 0. The van der Waals surface area contributed by atoms with Crippen LogP contribution in [0.3, 0.4) is 0 Å². The van der Waals surface area contributed by atoms with Crippen LogP contribution < -0.4 is 0 Å². The molecule has 0 amide bonds. The Kier molecular flexibility index (Phi) is 5.10. The van der Waals surface area contributed by atoms with Crippen molar-refractivity contribution in [2.75, 3.05) is 0 Å². The van der Waals surface area contributed by atoms with Gasteiger partial charge in [0.15, 0.2) is 0 Å². The molecule has 0 aliphatic rings. The monoisotopic (exact) mass is 180 g/mol. The van der Waals surface area contributed by atoms with Crippen molar-refractivity contribution < 1.29 is 0 Å². The summed E-state index contributed by atoms with van der Waals surface area (Å²) in [6.07, 6.45) is 6.01. The Morgan fingerprint density at radius 2 is 1.38 bits per heavy atom. The molecular formula is C12H25B. The highest BCUT2D eigenvalue weighted by Gasteiger charge is 2.26. The van der Waals surface area contributed by atoms with Gasteiger partial charge in [-0.1, -0.05) is 65.6 Å². The summed E-state index contributed by atoms with van der Waals surface area (Å²) in [5, 5.41) is 0.0351. The van der Waals surface area contributed by atoms with E-state index in [1.54, 1.807) is 0 Å². The lowest BCUT2D eigenvalue weighted by Crippen LogP contribution is -2.20. The van der Waals surface area contributed by atoms with Crippen molar-refractivity contribution >= 4 is 7.85 Å². The highest BCUT2D eigenvalue weighted by molar-refractivity contribution is 6.14. The second-order valence-corrected chi connectivity index (χ2v) is 5.50. The Morgan fingerprint density at radius 1 is 0.923 bits per heavy atom. The van der Waals surface area contributed by atoms with Gasteiger partial charge in [0.1, 0.15) is 0 Å². The third-order valence-corrected chi connectivity index (χ3v) is 2.63. The smallest absolute Gasteiger partial charge is 0.0683 e. The second-order valence-electron chi connectivity index (χ2n) is 5.50. The lowest BCUT2D eigenvalue weighted by Gasteiger charge is -2.35. The normalized spacial score (nSPS) is 17.0. The average molecular weight is 180 g/mol. The zero-order valence-electron chi connectivity index (χ0n) is 10.1. The van der Waals surface area contributed by atoms with E-state index in [0.29, 0.717) is 5.41 Å². The fourth-order valence-corrected chi connectivity index (χ4v) is 2.52. The van der Waals surface area contributed by atoms with Crippen LogP contribution in [0.1, 0.15) is 66.7 Å². The standard InChI is InChI=1S/C12H25B/c1-6-8-11(3,4)10-12(5,13)9-7-2/h6-10H2,1-5H3. The highest BCUT2D eigenvalue weighted by Crippen LogP contribution is 2.42. The Bertz CT molecular complexity index is 120. The molecule has 2 radical (unpaired) electrons. The lowest BCUT2D eigenvalue weighted by atomic mass is 9.59. The maximum absolute atomic E-state index is 6.24. The number of hydrogen-bond acceptors (Lipinski definition) is 0. The summed E-state index contributed by atoms with van der Waals surface area (Å²) >= 11 is 0. The van der Waals surface area contributed by atoms with Crippen molar-refractivity contribution in [2.24, 2.45) is 5.41 Å². The molecule has 0 aliphatic heterocycles. The molecular weight excluding hydrogens is 155 g/mol. The van der Waals surface area contributed by atoms with Crippen LogP contribution in [-0.4, -0.2) is 7.85 Å². The van der Waals surface area contributed by atoms with Gasteiger partial charge in [0.25, 0.3) is 0 Å². The third kappa shape index (κ3) is 6.18. The minimum Gasteiger partial charge on any atom is -0.0683 e. The molecule has 0 aromatic rings. The van der Waals surface area contributed by atoms with E-state index < -0.39 is 0 Å². The van der Waals surface area contributed by atoms with Crippen molar-refractivity contribution in [1.29, 1.82) is 0 Å². The molecule has 0 aliphatic carbocycles. The quantitative estimate of drug-likeness (QED) is 0.533. The molecule has 0 N–H and O–H groups in total. The molecule has 1 atom stereocenters. The molecule has 0 nitrogen and oxygen atoms in total. The van der Waals surface area contributed by atoms with Gasteiger partial charge in [-0.25, -0.2) is 0 Å². The summed E-state index contributed by atoms with van der Waals surface area (Å²) in [6.45, 7) is 11.3. The van der Waals surface area contributed by atoms with Gasteiger partial charge in [-0.2, -0.15) is 0 Å². The van der Waals surface area contributed by atoms with E-state index in [4.69, 9.17) is 7.85 Å². The number of rotatable bonds is 6. The van der Waals surface area contributed by atoms with E-state index in [0.717, 1.165) is 12.8 Å². The molecule has 1 heteroatoms. The van der Waals surface area contributed by atoms with Gasteiger partial charge in [-0.3, -0.25) is 0 Å². The molecule has 0 aromatic carbocycles. The van der Waals surface area contributed by atoms with Gasteiger partial charge in [0.2, 0.25) is 0 Å². The van der Waals surface area contributed by atoms with E-state index >= 15 is 0 Å². The fraction of sp³-hybridized carbons (Fsp3) is 1.00. The van der Waals surface area contributed by atoms with Crippen molar-refractivity contribution in [3.63, 3.8) is 0 Å². The summed E-state index contributed by atoms with van der Waals surface area (Å²) in [5.74, 6) is 0. The van der Waals surface area contributed by atoms with E-state index in [2.05, 4.69) is 34.6 Å². The maximum Gasteiger partial charge on any atom is 0.0742 e. The molecule has 0 saturated carbocycles. The lowest BCUT2D eigenvalue weighted by molar-refractivity contribution is 0.256. The van der Waals surface area contributed by atoms with Gasteiger partial charge in [-0.15, -0.1) is 0 Å². The third-order valence-electron chi connectivity index (χ3n) is 2.63. The maximum atomic E-state index is 6.24. The molecule has 0 heterocycles. The molecule has 0 rings (SSSR count). The van der Waals surface area contributed by atoms with Crippen LogP contribution in [-0.2, 0) is 0 Å². The minimum atomic E-state index is 0.0351. The fourth-order valence-electron chi connectivity index (χ4n) is 2.52. The summed E-state index contributed by atoms with van der Waals surface area (Å²) < 4.78 is 0. The Labute approximate surface area is 85.9 Å². The van der Waals surface area contributed by atoms with E-state index in [-0.39, 0.29) is 5.31 Å². The van der Waals surface area contributed by atoms with Crippen molar-refractivity contribution in [2.45, 2.75) is 72.0 Å². The van der Waals surface area contributed by atoms with E-state index in [9.17, 15) is 0 Å². The zero-order chi connectivity index (χ0) is 10.5. The topological polar surface area (TPSA) is 0 Å². The molecule has 0 bridgehead atoms. The van der Waals surface area contributed by atoms with Gasteiger partial charge in [0.05, 0.1) is 7.85 Å². The predicted molar refractivity (Wildman–Crippen MR) is 62.3 cm³/mol. The van der Waals surface area contributed by atoms with Gasteiger partial charge >= 0.3 is 0 Å². The van der Waals surface area contributed by atoms with Crippen LogP contribution >= 0.6 is 0 Å². The van der Waals surface area contributed by atoms with Crippen LogP contribution in [0.25, 0.3) is 0 Å². The zero-order valence-corrected chi connectivity index (χ0v) is 10.1. The molecule has 13 heavy (non-hydrogen) atoms. The highest BCUT2D eigenvalue weighted by atomic mass is 14.3. The van der Waals surface area contributed by atoms with E-state index in [1.165, 1.54) is 19.3 Å². The summed E-state index contributed by atoms with van der Waals surface area (Å²) in [5.41, 5.74) is 0.410. The van der Waals surface area contributed by atoms with Gasteiger partial charge in [0, 0.05) is 0 Å². The van der Waals surface area contributed by atoms with Crippen molar-refractivity contribution in [1.82, 2.24) is 0 Å². The first-order chi connectivity index (χ1) is 5.83. The predicted octanol–water partition coefficient (Wildman–Crippen LogP) is 4.35. The summed E-state index contributed by atoms with van der Waals surface area (Å²) in [4.78, 5) is 0.